The number of carboxylic acids is 1. The average molecular weight is 662 g/mol. The van der Waals surface area contributed by atoms with Gasteiger partial charge in [0.2, 0.25) is 17.8 Å². The van der Waals surface area contributed by atoms with Crippen molar-refractivity contribution in [3.8, 4) is 5.75 Å². The molecule has 15 heteroatoms. The van der Waals surface area contributed by atoms with Crippen molar-refractivity contribution in [2.75, 3.05) is 48.9 Å². The van der Waals surface area contributed by atoms with Gasteiger partial charge in [-0.1, -0.05) is 12.1 Å². The Bertz CT molecular complexity index is 1690. The second-order valence-corrected chi connectivity index (χ2v) is 10.4. The van der Waals surface area contributed by atoms with Crippen LogP contribution in [0.5, 0.6) is 5.75 Å². The van der Waals surface area contributed by atoms with Crippen LogP contribution in [-0.4, -0.2) is 75.8 Å². The smallest absolute Gasteiger partial charge is 0.339 e. The number of hydrogen-bond donors (Lipinski definition) is 6. The van der Waals surface area contributed by atoms with Gasteiger partial charge in [0.15, 0.2) is 0 Å². The molecule has 0 aliphatic rings. The molecule has 0 saturated carbocycles. The van der Waals surface area contributed by atoms with Crippen molar-refractivity contribution in [1.29, 1.82) is 0 Å². The Morgan fingerprint density at radius 3 is 2.08 bits per heavy atom. The van der Waals surface area contributed by atoms with Gasteiger partial charge in [-0.05, 0) is 73.5 Å². The van der Waals surface area contributed by atoms with Crippen LogP contribution in [0, 0.1) is 5.82 Å². The molecule has 48 heavy (non-hydrogen) atoms. The van der Waals surface area contributed by atoms with Crippen LogP contribution in [0.4, 0.5) is 33.6 Å². The summed E-state index contributed by atoms with van der Waals surface area (Å²) in [4.78, 5) is 48.2. The lowest BCUT2D eigenvalue weighted by molar-refractivity contribution is -0.117. The molecule has 0 spiro atoms. The number of carbonyl (C=O) groups is 3. The average Bonchev–Trinajstić information content (AvgIpc) is 3.06. The first kappa shape index (κ1) is 35.2. The summed E-state index contributed by atoms with van der Waals surface area (Å²) in [7, 11) is 0. The predicted molar refractivity (Wildman–Crippen MR) is 176 cm³/mol. The number of aromatic nitrogens is 3. The molecule has 0 unspecified atom stereocenters. The predicted octanol–water partition coefficient (Wildman–Crippen LogP) is 4.65. The maximum Gasteiger partial charge on any atom is 0.339 e. The second-order valence-electron chi connectivity index (χ2n) is 10.4. The Labute approximate surface area is 275 Å². The highest BCUT2D eigenvalue weighted by molar-refractivity contribution is 5.94. The Hall–Kier alpha value is -5.67. The van der Waals surface area contributed by atoms with Gasteiger partial charge in [-0.2, -0.15) is 15.0 Å². The molecule has 1 amide bonds. The van der Waals surface area contributed by atoms with E-state index in [0.717, 1.165) is 5.56 Å². The number of nitrogens with zero attached hydrogens (tertiary/aromatic N) is 3. The van der Waals surface area contributed by atoms with Gasteiger partial charge < -0.3 is 45.7 Å². The molecule has 0 radical (unpaired) electrons. The minimum atomic E-state index is -1.30. The molecule has 0 atom stereocenters. The number of phenols is 1. The lowest BCUT2D eigenvalue weighted by atomic mass is 10.1. The van der Waals surface area contributed by atoms with E-state index in [1.807, 2.05) is 0 Å². The summed E-state index contributed by atoms with van der Waals surface area (Å²) >= 11 is 0. The van der Waals surface area contributed by atoms with Crippen LogP contribution in [-0.2, 0) is 20.8 Å². The lowest BCUT2D eigenvalue weighted by Gasteiger charge is -2.12. The number of ether oxygens (including phenoxy) is 2. The number of hydrogen-bond acceptors (Lipinski definition) is 12. The number of Topliss-reactive ketones (excluding diaryl/α,β-unsaturated/α-hetero) is 1. The number of anilines is 5. The first-order chi connectivity index (χ1) is 23.2. The van der Waals surface area contributed by atoms with E-state index in [1.54, 1.807) is 43.3 Å². The van der Waals surface area contributed by atoms with Crippen LogP contribution in [0.1, 0.15) is 46.0 Å². The molecule has 4 rings (SSSR count). The molecule has 1 aromatic heterocycles. The van der Waals surface area contributed by atoms with Crippen LogP contribution in [0.2, 0.25) is 0 Å². The number of amides is 1. The molecule has 14 nitrogen and oxygen atoms in total. The molecule has 0 bridgehead atoms. The number of benzene rings is 3. The third-order valence-corrected chi connectivity index (χ3v) is 6.61. The van der Waals surface area contributed by atoms with Crippen molar-refractivity contribution >= 4 is 46.9 Å². The number of nitrogens with one attached hydrogen (secondary N) is 4. The molecule has 3 aromatic carbocycles. The van der Waals surface area contributed by atoms with Crippen molar-refractivity contribution in [3.05, 3.63) is 89.2 Å². The summed E-state index contributed by atoms with van der Waals surface area (Å²) in [6.07, 6.45) is 1.16. The maximum absolute atomic E-state index is 13.1. The molecule has 0 saturated heterocycles. The van der Waals surface area contributed by atoms with Crippen molar-refractivity contribution in [1.82, 2.24) is 20.3 Å². The van der Waals surface area contributed by atoms with E-state index in [4.69, 9.17) is 9.47 Å². The summed E-state index contributed by atoms with van der Waals surface area (Å²) < 4.78 is 24.2. The summed E-state index contributed by atoms with van der Waals surface area (Å²) in [5, 5.41) is 31.1. The lowest BCUT2D eigenvalue weighted by Crippen LogP contribution is -2.22. The van der Waals surface area contributed by atoms with Gasteiger partial charge in [0.1, 0.15) is 22.9 Å². The van der Waals surface area contributed by atoms with Crippen LogP contribution < -0.4 is 21.3 Å². The number of halogens is 1. The molecule has 0 aliphatic heterocycles. The SMILES string of the molecule is CC(=O)CCCOCCOCCNc1nc(Nc2ccc(C(=O)NCc3ccc(F)cc3)cc2)nc(Nc2ccc(O)c(C(=O)O)c2)n1. The minimum absolute atomic E-state index is 0.0775. The first-order valence-electron chi connectivity index (χ1n) is 15.0. The van der Waals surface area contributed by atoms with E-state index < -0.39 is 5.97 Å². The molecule has 0 aliphatic carbocycles. The molecule has 252 valence electrons. The Morgan fingerprint density at radius 1 is 0.792 bits per heavy atom. The number of aromatic hydroxyl groups is 1. The van der Waals surface area contributed by atoms with Crippen LogP contribution >= 0.6 is 0 Å². The molecule has 0 fully saturated rings. The van der Waals surface area contributed by atoms with Gasteiger partial charge in [0.05, 0.1) is 19.8 Å². The summed E-state index contributed by atoms with van der Waals surface area (Å²) in [5.74, 6) is -1.81. The quantitative estimate of drug-likeness (QED) is 0.0601. The van der Waals surface area contributed by atoms with E-state index in [9.17, 15) is 29.0 Å². The molecular weight excluding hydrogens is 625 g/mol. The molecular formula is C33H36FN7O7. The zero-order valence-corrected chi connectivity index (χ0v) is 26.2. The number of aromatic carboxylic acids is 1. The van der Waals surface area contributed by atoms with E-state index in [2.05, 4.69) is 36.2 Å². The molecule has 1 heterocycles. The Balaban J connectivity index is 1.38. The first-order valence-corrected chi connectivity index (χ1v) is 15.0. The van der Waals surface area contributed by atoms with E-state index in [-0.39, 0.29) is 53.2 Å². The van der Waals surface area contributed by atoms with E-state index in [0.29, 0.717) is 62.8 Å². The zero-order chi connectivity index (χ0) is 34.3. The number of carboxylic acid groups (broad SMARTS) is 1. The highest BCUT2D eigenvalue weighted by Gasteiger charge is 2.13. The normalized spacial score (nSPS) is 10.7. The van der Waals surface area contributed by atoms with Gasteiger partial charge in [0, 0.05) is 43.1 Å². The largest absolute Gasteiger partial charge is 0.507 e. The Morgan fingerprint density at radius 2 is 1.42 bits per heavy atom. The molecule has 6 N–H and O–H groups in total. The van der Waals surface area contributed by atoms with Gasteiger partial charge in [-0.3, -0.25) is 4.79 Å². The van der Waals surface area contributed by atoms with Crippen molar-refractivity contribution in [2.45, 2.75) is 26.3 Å². The fourth-order valence-electron chi connectivity index (χ4n) is 4.18. The van der Waals surface area contributed by atoms with Crippen LogP contribution in [0.25, 0.3) is 0 Å². The van der Waals surface area contributed by atoms with Crippen molar-refractivity contribution in [2.24, 2.45) is 0 Å². The van der Waals surface area contributed by atoms with Gasteiger partial charge in [-0.15, -0.1) is 0 Å². The summed E-state index contributed by atoms with van der Waals surface area (Å²) in [5.41, 5.74) is 1.75. The van der Waals surface area contributed by atoms with Gasteiger partial charge in [0.25, 0.3) is 5.91 Å². The highest BCUT2D eigenvalue weighted by Crippen LogP contribution is 2.24. The zero-order valence-electron chi connectivity index (χ0n) is 26.2. The highest BCUT2D eigenvalue weighted by atomic mass is 19.1. The number of carbonyl (C=O) groups excluding carboxylic acids is 2. The second kappa shape index (κ2) is 17.9. The van der Waals surface area contributed by atoms with Crippen LogP contribution in [0.3, 0.4) is 0 Å². The fourth-order valence-corrected chi connectivity index (χ4v) is 4.18. The van der Waals surface area contributed by atoms with Gasteiger partial charge >= 0.3 is 5.97 Å². The van der Waals surface area contributed by atoms with Crippen LogP contribution in [0.15, 0.2) is 66.7 Å². The molecule has 4 aromatic rings. The van der Waals surface area contributed by atoms with Gasteiger partial charge in [-0.25, -0.2) is 9.18 Å². The standard InChI is InChI=1S/C33H36FN7O7/c1-21(42)3-2-15-47-17-18-48-16-14-35-31-39-32(41-33(40-31)38-26-12-13-28(43)27(19-26)30(45)46)37-25-10-6-23(7-11-25)29(44)36-20-22-4-8-24(34)9-5-22/h4-13,19,43H,2-3,14-18,20H2,1H3,(H,36,44)(H,45,46)(H3,35,37,38,39,40,41). The summed E-state index contributed by atoms with van der Waals surface area (Å²) in [6, 6.07) is 16.4. The third-order valence-electron chi connectivity index (χ3n) is 6.61. The third kappa shape index (κ3) is 11.6. The van der Waals surface area contributed by atoms with Crippen molar-refractivity contribution < 1.29 is 38.5 Å². The van der Waals surface area contributed by atoms with E-state index in [1.165, 1.54) is 30.3 Å². The number of ketones is 1. The Kier molecular flexibility index (Phi) is 13.1. The summed E-state index contributed by atoms with van der Waals surface area (Å²) in [6.45, 7) is 3.70. The van der Waals surface area contributed by atoms with Crippen molar-refractivity contribution in [3.63, 3.8) is 0 Å². The van der Waals surface area contributed by atoms with E-state index >= 15 is 0 Å². The topological polar surface area (TPSA) is 197 Å². The maximum atomic E-state index is 13.1. The number of rotatable bonds is 19. The minimum Gasteiger partial charge on any atom is -0.507 e. The fraction of sp³-hybridized carbons (Fsp3) is 0.273. The monoisotopic (exact) mass is 661 g/mol.